The number of nitrogens with one attached hydrogen (secondary N) is 1. The molecule has 3 aromatic rings. The lowest BCUT2D eigenvalue weighted by molar-refractivity contribution is 0.0908. The van der Waals surface area contributed by atoms with Crippen LogP contribution >= 0.6 is 0 Å². The molecule has 1 aliphatic rings. The van der Waals surface area contributed by atoms with Crippen LogP contribution in [0.4, 0.5) is 0 Å². The van der Waals surface area contributed by atoms with Gasteiger partial charge in [0.05, 0.1) is 5.56 Å². The van der Waals surface area contributed by atoms with Crippen molar-refractivity contribution < 1.29 is 4.79 Å². The quantitative estimate of drug-likeness (QED) is 0.786. The van der Waals surface area contributed by atoms with Gasteiger partial charge in [-0.25, -0.2) is 0 Å². The monoisotopic (exact) mass is 349 g/mol. The van der Waals surface area contributed by atoms with E-state index in [1.54, 1.807) is 0 Å². The lowest BCUT2D eigenvalue weighted by Gasteiger charge is -2.32. The number of rotatable bonds is 4. The Morgan fingerprint density at radius 1 is 1.12 bits per heavy atom. The Bertz CT molecular complexity index is 897. The summed E-state index contributed by atoms with van der Waals surface area (Å²) in [5.41, 5.74) is 2.74. The Labute approximate surface area is 152 Å². The number of pyridine rings is 1. The molecule has 0 atom stereocenters. The molecule has 26 heavy (non-hydrogen) atoms. The molecule has 6 heteroatoms. The van der Waals surface area contributed by atoms with Gasteiger partial charge in [0.25, 0.3) is 5.91 Å². The Morgan fingerprint density at radius 2 is 1.88 bits per heavy atom. The van der Waals surface area contributed by atoms with Crippen LogP contribution in [0.2, 0.25) is 0 Å². The van der Waals surface area contributed by atoms with Gasteiger partial charge < -0.3 is 5.32 Å². The molecule has 4 rings (SSSR count). The molecular formula is C20H23N5O. The van der Waals surface area contributed by atoms with Crippen LogP contribution in [0, 0.1) is 6.92 Å². The van der Waals surface area contributed by atoms with E-state index in [0.29, 0.717) is 5.56 Å². The molecule has 0 aliphatic carbocycles. The highest BCUT2D eigenvalue weighted by Crippen LogP contribution is 2.15. The number of aryl methyl sites for hydroxylation is 1. The van der Waals surface area contributed by atoms with Crippen LogP contribution in [0.1, 0.15) is 34.6 Å². The summed E-state index contributed by atoms with van der Waals surface area (Å²) in [6.45, 7) is 4.86. The number of nitrogens with zero attached hydrogens (tertiary/aromatic N) is 4. The highest BCUT2D eigenvalue weighted by Gasteiger charge is 2.21. The fourth-order valence-electron chi connectivity index (χ4n) is 3.49. The van der Waals surface area contributed by atoms with Crippen LogP contribution in [0.3, 0.4) is 0 Å². The van der Waals surface area contributed by atoms with Crippen molar-refractivity contribution in [3.05, 3.63) is 65.6 Å². The zero-order valence-corrected chi connectivity index (χ0v) is 14.9. The molecule has 1 N–H and O–H groups in total. The van der Waals surface area contributed by atoms with Crippen molar-refractivity contribution >= 4 is 11.6 Å². The average Bonchev–Trinajstić information content (AvgIpc) is 3.04. The molecule has 2 aromatic heterocycles. The number of fused-ring (bicyclic) bond motifs is 1. The number of hydrogen-bond donors (Lipinski definition) is 1. The summed E-state index contributed by atoms with van der Waals surface area (Å²) in [6, 6.07) is 14.4. The van der Waals surface area contributed by atoms with Gasteiger partial charge in [0.15, 0.2) is 5.65 Å². The van der Waals surface area contributed by atoms with Gasteiger partial charge in [0.1, 0.15) is 5.82 Å². The van der Waals surface area contributed by atoms with Gasteiger partial charge in [0.2, 0.25) is 0 Å². The van der Waals surface area contributed by atoms with Crippen molar-refractivity contribution in [3.63, 3.8) is 0 Å². The summed E-state index contributed by atoms with van der Waals surface area (Å²) in [6.07, 6.45) is 3.77. The number of amides is 1. The van der Waals surface area contributed by atoms with Crippen LogP contribution in [-0.4, -0.2) is 44.5 Å². The highest BCUT2D eigenvalue weighted by molar-refractivity contribution is 5.94. The second-order valence-electron chi connectivity index (χ2n) is 6.90. The summed E-state index contributed by atoms with van der Waals surface area (Å²) in [4.78, 5) is 15.0. The second-order valence-corrected chi connectivity index (χ2v) is 6.90. The third-order valence-electron chi connectivity index (χ3n) is 5.01. The third kappa shape index (κ3) is 3.60. The average molecular weight is 349 g/mol. The molecule has 6 nitrogen and oxygen atoms in total. The molecule has 3 heterocycles. The predicted octanol–water partition coefficient (Wildman–Crippen LogP) is 2.43. The number of benzene rings is 1. The van der Waals surface area contributed by atoms with E-state index in [4.69, 9.17) is 0 Å². The molecule has 1 aliphatic heterocycles. The zero-order valence-electron chi connectivity index (χ0n) is 14.9. The molecule has 1 saturated heterocycles. The van der Waals surface area contributed by atoms with E-state index in [-0.39, 0.29) is 11.9 Å². The molecule has 0 unspecified atom stereocenters. The van der Waals surface area contributed by atoms with Crippen molar-refractivity contribution in [1.29, 1.82) is 0 Å². The maximum absolute atomic E-state index is 12.6. The first-order valence-corrected chi connectivity index (χ1v) is 9.07. The predicted molar refractivity (Wildman–Crippen MR) is 99.9 cm³/mol. The van der Waals surface area contributed by atoms with Crippen LogP contribution < -0.4 is 5.32 Å². The van der Waals surface area contributed by atoms with E-state index in [1.165, 1.54) is 5.56 Å². The van der Waals surface area contributed by atoms with Crippen molar-refractivity contribution in [2.75, 3.05) is 13.1 Å². The number of hydrogen-bond acceptors (Lipinski definition) is 4. The molecule has 0 saturated carbocycles. The normalized spacial score (nSPS) is 16.0. The molecule has 0 bridgehead atoms. The van der Waals surface area contributed by atoms with Crippen molar-refractivity contribution in [1.82, 2.24) is 24.8 Å². The van der Waals surface area contributed by atoms with Crippen molar-refractivity contribution in [2.45, 2.75) is 32.4 Å². The molecule has 1 fully saturated rings. The number of likely N-dealkylation sites (tertiary alicyclic amines) is 1. The second kappa shape index (κ2) is 7.25. The van der Waals surface area contributed by atoms with E-state index < -0.39 is 0 Å². The molecular weight excluding hydrogens is 326 g/mol. The SMILES string of the molecule is Cc1nnc2ccc(C(=O)NC3CCN(Cc4ccccc4)CC3)cn12. The van der Waals surface area contributed by atoms with E-state index in [2.05, 4.69) is 44.7 Å². The fourth-order valence-corrected chi connectivity index (χ4v) is 3.49. The Hall–Kier alpha value is -2.73. The number of piperidine rings is 1. The van der Waals surface area contributed by atoms with Gasteiger partial charge in [-0.3, -0.25) is 14.1 Å². The summed E-state index contributed by atoms with van der Waals surface area (Å²) < 4.78 is 1.84. The number of carbonyl (C=O) groups excluding carboxylic acids is 1. The Morgan fingerprint density at radius 3 is 2.65 bits per heavy atom. The van der Waals surface area contributed by atoms with Crippen LogP contribution in [-0.2, 0) is 6.54 Å². The van der Waals surface area contributed by atoms with Gasteiger partial charge in [-0.2, -0.15) is 0 Å². The van der Waals surface area contributed by atoms with E-state index >= 15 is 0 Å². The first-order valence-electron chi connectivity index (χ1n) is 9.07. The summed E-state index contributed by atoms with van der Waals surface area (Å²) in [7, 11) is 0. The minimum atomic E-state index is -0.0264. The van der Waals surface area contributed by atoms with Crippen LogP contribution in [0.25, 0.3) is 5.65 Å². The van der Waals surface area contributed by atoms with Gasteiger partial charge in [0, 0.05) is 31.9 Å². The van der Waals surface area contributed by atoms with E-state index in [1.807, 2.05) is 35.7 Å². The first-order chi connectivity index (χ1) is 12.7. The number of carbonyl (C=O) groups is 1. The summed E-state index contributed by atoms with van der Waals surface area (Å²) in [5.74, 6) is 0.755. The third-order valence-corrected chi connectivity index (χ3v) is 5.01. The smallest absolute Gasteiger partial charge is 0.252 e. The Kier molecular flexibility index (Phi) is 4.67. The van der Waals surface area contributed by atoms with E-state index in [0.717, 1.165) is 43.9 Å². The van der Waals surface area contributed by atoms with Gasteiger partial charge >= 0.3 is 0 Å². The minimum absolute atomic E-state index is 0.0264. The zero-order chi connectivity index (χ0) is 17.9. The topological polar surface area (TPSA) is 62.5 Å². The summed E-state index contributed by atoms with van der Waals surface area (Å²) in [5, 5.41) is 11.3. The molecule has 1 aromatic carbocycles. The van der Waals surface area contributed by atoms with Crippen LogP contribution in [0.15, 0.2) is 48.7 Å². The lowest BCUT2D eigenvalue weighted by atomic mass is 10.0. The fraction of sp³-hybridized carbons (Fsp3) is 0.350. The largest absolute Gasteiger partial charge is 0.349 e. The number of aromatic nitrogens is 3. The standard InChI is InChI=1S/C20H23N5O/c1-15-22-23-19-8-7-17(14-25(15)19)20(26)21-18-9-11-24(12-10-18)13-16-5-3-2-4-6-16/h2-8,14,18H,9-13H2,1H3,(H,21,26). The van der Waals surface area contributed by atoms with Crippen molar-refractivity contribution in [2.24, 2.45) is 0 Å². The van der Waals surface area contributed by atoms with Gasteiger partial charge in [-0.15, -0.1) is 10.2 Å². The molecule has 1 amide bonds. The Balaban J connectivity index is 1.33. The summed E-state index contributed by atoms with van der Waals surface area (Å²) >= 11 is 0. The van der Waals surface area contributed by atoms with E-state index in [9.17, 15) is 4.79 Å². The van der Waals surface area contributed by atoms with Gasteiger partial charge in [-0.1, -0.05) is 30.3 Å². The first kappa shape index (κ1) is 16.7. The lowest BCUT2D eigenvalue weighted by Crippen LogP contribution is -2.44. The maximum Gasteiger partial charge on any atom is 0.252 e. The van der Waals surface area contributed by atoms with Crippen LogP contribution in [0.5, 0.6) is 0 Å². The van der Waals surface area contributed by atoms with Crippen molar-refractivity contribution in [3.8, 4) is 0 Å². The molecule has 0 spiro atoms. The molecule has 134 valence electrons. The van der Waals surface area contributed by atoms with Gasteiger partial charge in [-0.05, 0) is 37.5 Å². The molecule has 0 radical (unpaired) electrons. The minimum Gasteiger partial charge on any atom is -0.349 e. The maximum atomic E-state index is 12.6. The highest BCUT2D eigenvalue weighted by atomic mass is 16.1.